The Balaban J connectivity index is 2.51. The first kappa shape index (κ1) is 12.3. The lowest BCUT2D eigenvalue weighted by Crippen LogP contribution is -2.14. The Kier molecular flexibility index (Phi) is 4.36. The van der Waals surface area contributed by atoms with Crippen LogP contribution < -0.4 is 5.73 Å². The zero-order valence-electron chi connectivity index (χ0n) is 10.0. The Morgan fingerprint density at radius 3 is 2.53 bits per heavy atom. The topological polar surface area (TPSA) is 48.4 Å². The predicted molar refractivity (Wildman–Crippen MR) is 60.4 cm³/mol. The summed E-state index contributed by atoms with van der Waals surface area (Å²) in [5.74, 6) is 2.24. The van der Waals surface area contributed by atoms with Crippen molar-refractivity contribution in [2.75, 3.05) is 0 Å². The molecule has 0 bridgehead atoms. The normalized spacial score (nSPS) is 13.5. The molecule has 0 spiro atoms. The number of hydrogen-bond donors (Lipinski definition) is 1. The van der Waals surface area contributed by atoms with Gasteiger partial charge in [-0.1, -0.05) is 13.8 Å². The third-order valence-corrected chi connectivity index (χ3v) is 2.68. The van der Waals surface area contributed by atoms with Gasteiger partial charge in [-0.05, 0) is 31.4 Å². The molecule has 0 aromatic carbocycles. The van der Waals surface area contributed by atoms with Crippen LogP contribution in [0.25, 0.3) is 0 Å². The Hall–Kier alpha value is -0.800. The summed E-state index contributed by atoms with van der Waals surface area (Å²) in [4.78, 5) is 0. The van der Waals surface area contributed by atoms with E-state index >= 15 is 0 Å². The summed E-state index contributed by atoms with van der Waals surface area (Å²) < 4.78 is 11.2. The van der Waals surface area contributed by atoms with Gasteiger partial charge in [0.15, 0.2) is 0 Å². The molecule has 0 amide bonds. The zero-order chi connectivity index (χ0) is 11.4. The summed E-state index contributed by atoms with van der Waals surface area (Å²) in [5.41, 5.74) is 6.64. The van der Waals surface area contributed by atoms with Crippen molar-refractivity contribution < 1.29 is 9.15 Å². The molecule has 1 aromatic rings. The molecule has 0 fully saturated rings. The van der Waals surface area contributed by atoms with Crippen molar-refractivity contribution in [2.45, 2.75) is 47.0 Å². The fraction of sp³-hybridized carbons (Fsp3) is 0.667. The third kappa shape index (κ3) is 3.36. The SMILES string of the molecule is Cc1cc(COC(C)C(C)C)oc1CN. The summed E-state index contributed by atoms with van der Waals surface area (Å²) in [6.45, 7) is 9.34. The van der Waals surface area contributed by atoms with E-state index in [0.29, 0.717) is 19.1 Å². The zero-order valence-corrected chi connectivity index (χ0v) is 10.0. The van der Waals surface area contributed by atoms with Crippen LogP contribution >= 0.6 is 0 Å². The summed E-state index contributed by atoms with van der Waals surface area (Å²) in [6.07, 6.45) is 0.247. The molecular formula is C12H21NO2. The lowest BCUT2D eigenvalue weighted by molar-refractivity contribution is 0.0145. The van der Waals surface area contributed by atoms with Gasteiger partial charge in [-0.3, -0.25) is 0 Å². The second-order valence-electron chi connectivity index (χ2n) is 4.28. The van der Waals surface area contributed by atoms with Gasteiger partial charge in [0.1, 0.15) is 18.1 Å². The number of aryl methyl sites for hydroxylation is 1. The first-order valence-electron chi connectivity index (χ1n) is 5.44. The molecule has 1 unspecified atom stereocenters. The predicted octanol–water partition coefficient (Wildman–Crippen LogP) is 2.61. The minimum atomic E-state index is 0.247. The summed E-state index contributed by atoms with van der Waals surface area (Å²) >= 11 is 0. The van der Waals surface area contributed by atoms with E-state index in [1.54, 1.807) is 0 Å². The largest absolute Gasteiger partial charge is 0.462 e. The van der Waals surface area contributed by atoms with Gasteiger partial charge >= 0.3 is 0 Å². The minimum Gasteiger partial charge on any atom is -0.462 e. The standard InChI is InChI=1S/C12H21NO2/c1-8(2)10(4)14-7-11-5-9(3)12(6-13)15-11/h5,8,10H,6-7,13H2,1-4H3. The minimum absolute atomic E-state index is 0.247. The second kappa shape index (κ2) is 5.33. The van der Waals surface area contributed by atoms with Crippen molar-refractivity contribution in [3.8, 4) is 0 Å². The fourth-order valence-corrected chi connectivity index (χ4v) is 1.27. The van der Waals surface area contributed by atoms with Crippen LogP contribution in [0.3, 0.4) is 0 Å². The van der Waals surface area contributed by atoms with Gasteiger partial charge in [-0.2, -0.15) is 0 Å². The van der Waals surface area contributed by atoms with Crippen LogP contribution in [-0.4, -0.2) is 6.10 Å². The van der Waals surface area contributed by atoms with E-state index < -0.39 is 0 Å². The summed E-state index contributed by atoms with van der Waals surface area (Å²) in [6, 6.07) is 2.00. The van der Waals surface area contributed by atoms with Crippen molar-refractivity contribution >= 4 is 0 Å². The number of rotatable bonds is 5. The molecule has 0 aliphatic carbocycles. The Labute approximate surface area is 91.6 Å². The number of hydrogen-bond acceptors (Lipinski definition) is 3. The molecule has 15 heavy (non-hydrogen) atoms. The molecule has 1 atom stereocenters. The number of ether oxygens (including phenoxy) is 1. The quantitative estimate of drug-likeness (QED) is 0.814. The maximum Gasteiger partial charge on any atom is 0.130 e. The average molecular weight is 211 g/mol. The molecule has 3 heteroatoms. The molecule has 0 saturated carbocycles. The van der Waals surface area contributed by atoms with Gasteiger partial charge in [0.2, 0.25) is 0 Å². The molecular weight excluding hydrogens is 190 g/mol. The van der Waals surface area contributed by atoms with Crippen LogP contribution in [0.2, 0.25) is 0 Å². The van der Waals surface area contributed by atoms with Crippen molar-refractivity contribution in [3.63, 3.8) is 0 Å². The van der Waals surface area contributed by atoms with E-state index in [4.69, 9.17) is 14.9 Å². The molecule has 3 nitrogen and oxygen atoms in total. The fourth-order valence-electron chi connectivity index (χ4n) is 1.27. The number of nitrogens with two attached hydrogens (primary N) is 1. The molecule has 0 saturated heterocycles. The van der Waals surface area contributed by atoms with E-state index in [0.717, 1.165) is 17.1 Å². The molecule has 86 valence electrons. The van der Waals surface area contributed by atoms with Gasteiger partial charge in [0.25, 0.3) is 0 Å². The molecule has 0 aliphatic rings. The molecule has 0 aliphatic heterocycles. The van der Waals surface area contributed by atoms with Crippen molar-refractivity contribution in [1.29, 1.82) is 0 Å². The highest BCUT2D eigenvalue weighted by molar-refractivity contribution is 5.19. The summed E-state index contributed by atoms with van der Waals surface area (Å²) in [5, 5.41) is 0. The smallest absolute Gasteiger partial charge is 0.130 e. The third-order valence-electron chi connectivity index (χ3n) is 2.68. The molecule has 2 N–H and O–H groups in total. The van der Waals surface area contributed by atoms with Gasteiger partial charge in [0.05, 0.1) is 12.6 Å². The highest BCUT2D eigenvalue weighted by atomic mass is 16.5. The Bertz CT molecular complexity index is 305. The monoisotopic (exact) mass is 211 g/mol. The summed E-state index contributed by atoms with van der Waals surface area (Å²) in [7, 11) is 0. The molecule has 0 radical (unpaired) electrons. The second-order valence-corrected chi connectivity index (χ2v) is 4.28. The van der Waals surface area contributed by atoms with Crippen LogP contribution in [0.4, 0.5) is 0 Å². The Morgan fingerprint density at radius 1 is 1.40 bits per heavy atom. The lowest BCUT2D eigenvalue weighted by Gasteiger charge is -2.15. The first-order chi connectivity index (χ1) is 7.04. The molecule has 1 heterocycles. The van der Waals surface area contributed by atoms with Gasteiger partial charge in [-0.25, -0.2) is 0 Å². The van der Waals surface area contributed by atoms with Gasteiger partial charge in [0, 0.05) is 0 Å². The van der Waals surface area contributed by atoms with Crippen LogP contribution in [0, 0.1) is 12.8 Å². The lowest BCUT2D eigenvalue weighted by atomic mass is 10.1. The van der Waals surface area contributed by atoms with E-state index in [9.17, 15) is 0 Å². The van der Waals surface area contributed by atoms with Crippen LogP contribution in [-0.2, 0) is 17.9 Å². The molecule has 1 rings (SSSR count). The van der Waals surface area contributed by atoms with Crippen molar-refractivity contribution in [2.24, 2.45) is 11.7 Å². The van der Waals surface area contributed by atoms with E-state index in [1.165, 1.54) is 0 Å². The van der Waals surface area contributed by atoms with Crippen LogP contribution in [0.1, 0.15) is 37.9 Å². The molecule has 1 aromatic heterocycles. The van der Waals surface area contributed by atoms with Crippen LogP contribution in [0.15, 0.2) is 10.5 Å². The highest BCUT2D eigenvalue weighted by Crippen LogP contribution is 2.16. The maximum absolute atomic E-state index is 5.67. The van der Waals surface area contributed by atoms with Crippen molar-refractivity contribution in [1.82, 2.24) is 0 Å². The number of furan rings is 1. The average Bonchev–Trinajstić information content (AvgIpc) is 2.55. The first-order valence-corrected chi connectivity index (χ1v) is 5.44. The van der Waals surface area contributed by atoms with E-state index in [2.05, 4.69) is 20.8 Å². The Morgan fingerprint density at radius 2 is 2.07 bits per heavy atom. The van der Waals surface area contributed by atoms with Crippen LogP contribution in [0.5, 0.6) is 0 Å². The van der Waals surface area contributed by atoms with Gasteiger partial charge in [-0.15, -0.1) is 0 Å². The maximum atomic E-state index is 5.67. The van der Waals surface area contributed by atoms with E-state index in [1.807, 2.05) is 13.0 Å². The highest BCUT2D eigenvalue weighted by Gasteiger charge is 2.10. The van der Waals surface area contributed by atoms with Crippen molar-refractivity contribution in [3.05, 3.63) is 23.2 Å². The van der Waals surface area contributed by atoms with E-state index in [-0.39, 0.29) is 6.10 Å². The van der Waals surface area contributed by atoms with Gasteiger partial charge < -0.3 is 14.9 Å².